The minimum Gasteiger partial charge on any atom is -0.497 e. The van der Waals surface area contributed by atoms with Crippen molar-refractivity contribution in [2.24, 2.45) is 0 Å². The molecule has 1 aromatic carbocycles. The molecule has 1 heterocycles. The summed E-state index contributed by atoms with van der Waals surface area (Å²) < 4.78 is 5.29. The molecule has 0 spiro atoms. The molecule has 0 aromatic heterocycles. The minimum atomic E-state index is 0.0775. The number of hydrogen-bond donors (Lipinski definition) is 0. The molecule has 2 heteroatoms. The summed E-state index contributed by atoms with van der Waals surface area (Å²) in [5.74, 6) is 0.920. The van der Waals surface area contributed by atoms with Crippen LogP contribution in [0, 0.1) is 0 Å². The van der Waals surface area contributed by atoms with Crippen molar-refractivity contribution in [1.29, 1.82) is 0 Å². The highest BCUT2D eigenvalue weighted by atomic mass is 16.5. The Balaban J connectivity index is 2.52. The molecule has 0 N–H and O–H groups in total. The standard InChI is InChI=1S/C14H19NO/c1-5-15-13-10-12(16-4)7-6-11(13)8-9-14(15,2)3/h6-10H,5H2,1-4H3. The molecule has 2 rings (SSSR count). The maximum Gasteiger partial charge on any atom is 0.120 e. The van der Waals surface area contributed by atoms with Gasteiger partial charge >= 0.3 is 0 Å². The van der Waals surface area contributed by atoms with Crippen LogP contribution >= 0.6 is 0 Å². The highest BCUT2D eigenvalue weighted by Crippen LogP contribution is 2.36. The fraction of sp³-hybridized carbons (Fsp3) is 0.429. The average molecular weight is 217 g/mol. The second-order valence-electron chi connectivity index (χ2n) is 4.66. The summed E-state index contributed by atoms with van der Waals surface area (Å²) in [4.78, 5) is 2.39. The monoisotopic (exact) mass is 217 g/mol. The fourth-order valence-electron chi connectivity index (χ4n) is 2.30. The first-order valence-electron chi connectivity index (χ1n) is 5.73. The predicted octanol–water partition coefficient (Wildman–Crippen LogP) is 3.33. The van der Waals surface area contributed by atoms with Crippen LogP contribution in [-0.4, -0.2) is 19.2 Å². The highest BCUT2D eigenvalue weighted by Gasteiger charge is 2.27. The second-order valence-corrected chi connectivity index (χ2v) is 4.66. The van der Waals surface area contributed by atoms with Crippen molar-refractivity contribution in [3.63, 3.8) is 0 Å². The average Bonchev–Trinajstić information content (AvgIpc) is 2.27. The zero-order valence-electron chi connectivity index (χ0n) is 10.4. The second kappa shape index (κ2) is 3.85. The van der Waals surface area contributed by atoms with Crippen LogP contribution in [-0.2, 0) is 0 Å². The molecule has 0 bridgehead atoms. The lowest BCUT2D eigenvalue weighted by molar-refractivity contribution is 0.414. The Kier molecular flexibility index (Phi) is 2.66. The van der Waals surface area contributed by atoms with Gasteiger partial charge in [0.25, 0.3) is 0 Å². The third-order valence-corrected chi connectivity index (χ3v) is 3.21. The van der Waals surface area contributed by atoms with Gasteiger partial charge in [0, 0.05) is 18.3 Å². The Morgan fingerprint density at radius 3 is 2.69 bits per heavy atom. The first kappa shape index (κ1) is 11.1. The number of methoxy groups -OCH3 is 1. The molecular weight excluding hydrogens is 198 g/mol. The molecule has 0 saturated carbocycles. The van der Waals surface area contributed by atoms with Crippen LogP contribution in [0.2, 0.25) is 0 Å². The molecule has 0 amide bonds. The number of nitrogens with zero attached hydrogens (tertiary/aromatic N) is 1. The van der Waals surface area contributed by atoms with Gasteiger partial charge in [-0.3, -0.25) is 0 Å². The van der Waals surface area contributed by atoms with Crippen molar-refractivity contribution in [2.75, 3.05) is 18.6 Å². The number of fused-ring (bicyclic) bond motifs is 1. The predicted molar refractivity (Wildman–Crippen MR) is 69.1 cm³/mol. The Labute approximate surface area is 97.5 Å². The first-order chi connectivity index (χ1) is 7.58. The van der Waals surface area contributed by atoms with E-state index in [4.69, 9.17) is 4.74 Å². The summed E-state index contributed by atoms with van der Waals surface area (Å²) in [6.45, 7) is 7.65. The van der Waals surface area contributed by atoms with Crippen molar-refractivity contribution in [1.82, 2.24) is 0 Å². The van der Waals surface area contributed by atoms with Crippen LogP contribution in [0.5, 0.6) is 5.75 Å². The summed E-state index contributed by atoms with van der Waals surface area (Å²) in [6.07, 6.45) is 4.45. The van der Waals surface area contributed by atoms with E-state index in [1.165, 1.54) is 11.3 Å². The van der Waals surface area contributed by atoms with Gasteiger partial charge in [0.15, 0.2) is 0 Å². The van der Waals surface area contributed by atoms with Gasteiger partial charge in [-0.2, -0.15) is 0 Å². The quantitative estimate of drug-likeness (QED) is 0.753. The summed E-state index contributed by atoms with van der Waals surface area (Å²) in [5, 5.41) is 0. The summed E-state index contributed by atoms with van der Waals surface area (Å²) >= 11 is 0. The normalized spacial score (nSPS) is 17.1. The number of hydrogen-bond acceptors (Lipinski definition) is 2. The molecule has 0 atom stereocenters. The van der Waals surface area contributed by atoms with Crippen LogP contribution in [0.15, 0.2) is 24.3 Å². The van der Waals surface area contributed by atoms with Gasteiger partial charge in [-0.1, -0.05) is 12.2 Å². The lowest BCUT2D eigenvalue weighted by Gasteiger charge is -2.41. The van der Waals surface area contributed by atoms with Crippen LogP contribution in [0.1, 0.15) is 26.3 Å². The van der Waals surface area contributed by atoms with Crippen LogP contribution < -0.4 is 9.64 Å². The van der Waals surface area contributed by atoms with Gasteiger partial charge in [0.05, 0.1) is 12.6 Å². The summed E-state index contributed by atoms with van der Waals surface area (Å²) in [5.41, 5.74) is 2.60. The summed E-state index contributed by atoms with van der Waals surface area (Å²) in [6, 6.07) is 6.24. The van der Waals surface area contributed by atoms with E-state index in [0.29, 0.717) is 0 Å². The molecule has 2 nitrogen and oxygen atoms in total. The summed E-state index contributed by atoms with van der Waals surface area (Å²) in [7, 11) is 1.71. The molecular formula is C14H19NO. The van der Waals surface area contributed by atoms with Crippen molar-refractivity contribution in [2.45, 2.75) is 26.3 Å². The lowest BCUT2D eigenvalue weighted by Crippen LogP contribution is -2.44. The topological polar surface area (TPSA) is 12.5 Å². The van der Waals surface area contributed by atoms with E-state index in [9.17, 15) is 0 Å². The molecule has 16 heavy (non-hydrogen) atoms. The molecule has 0 saturated heterocycles. The third kappa shape index (κ3) is 1.69. The number of ether oxygens (including phenoxy) is 1. The molecule has 0 fully saturated rings. The zero-order chi connectivity index (χ0) is 11.8. The van der Waals surface area contributed by atoms with Gasteiger partial charge in [0.2, 0.25) is 0 Å². The van der Waals surface area contributed by atoms with Gasteiger partial charge in [-0.25, -0.2) is 0 Å². The van der Waals surface area contributed by atoms with Gasteiger partial charge in [-0.15, -0.1) is 0 Å². The van der Waals surface area contributed by atoms with E-state index in [0.717, 1.165) is 12.3 Å². The molecule has 1 aliphatic heterocycles. The van der Waals surface area contributed by atoms with Crippen LogP contribution in [0.25, 0.3) is 6.08 Å². The van der Waals surface area contributed by atoms with E-state index in [1.54, 1.807) is 7.11 Å². The molecule has 0 aliphatic carbocycles. The lowest BCUT2D eigenvalue weighted by atomic mass is 9.93. The Hall–Kier alpha value is -1.44. The molecule has 0 unspecified atom stereocenters. The van der Waals surface area contributed by atoms with Crippen molar-refractivity contribution < 1.29 is 4.74 Å². The van der Waals surface area contributed by atoms with E-state index >= 15 is 0 Å². The van der Waals surface area contributed by atoms with Crippen LogP contribution in [0.3, 0.4) is 0 Å². The first-order valence-corrected chi connectivity index (χ1v) is 5.73. The van der Waals surface area contributed by atoms with Gasteiger partial charge in [-0.05, 0) is 38.5 Å². The largest absolute Gasteiger partial charge is 0.497 e. The zero-order valence-corrected chi connectivity index (χ0v) is 10.4. The number of anilines is 1. The maximum atomic E-state index is 5.29. The Morgan fingerprint density at radius 1 is 1.31 bits per heavy atom. The minimum absolute atomic E-state index is 0.0775. The van der Waals surface area contributed by atoms with Crippen molar-refractivity contribution in [3.8, 4) is 5.75 Å². The Bertz CT molecular complexity index is 421. The molecule has 1 aromatic rings. The van der Waals surface area contributed by atoms with E-state index in [2.05, 4.69) is 50.0 Å². The Morgan fingerprint density at radius 2 is 2.06 bits per heavy atom. The van der Waals surface area contributed by atoms with Gasteiger partial charge < -0.3 is 9.64 Å². The number of likely N-dealkylation sites (N-methyl/N-ethyl adjacent to an activating group) is 1. The van der Waals surface area contributed by atoms with E-state index in [-0.39, 0.29) is 5.54 Å². The highest BCUT2D eigenvalue weighted by molar-refractivity contribution is 5.74. The third-order valence-electron chi connectivity index (χ3n) is 3.21. The van der Waals surface area contributed by atoms with Crippen LogP contribution in [0.4, 0.5) is 5.69 Å². The maximum absolute atomic E-state index is 5.29. The number of benzene rings is 1. The number of rotatable bonds is 2. The SMILES string of the molecule is CCN1c2cc(OC)ccc2C=CC1(C)C. The van der Waals surface area contributed by atoms with E-state index < -0.39 is 0 Å². The molecule has 0 radical (unpaired) electrons. The molecule has 1 aliphatic rings. The van der Waals surface area contributed by atoms with E-state index in [1.807, 2.05) is 6.07 Å². The molecule has 86 valence electrons. The fourth-order valence-corrected chi connectivity index (χ4v) is 2.30. The van der Waals surface area contributed by atoms with Crippen molar-refractivity contribution >= 4 is 11.8 Å². The van der Waals surface area contributed by atoms with Crippen molar-refractivity contribution in [3.05, 3.63) is 29.8 Å². The van der Waals surface area contributed by atoms with Gasteiger partial charge in [0.1, 0.15) is 5.75 Å². The smallest absolute Gasteiger partial charge is 0.120 e.